The molecule has 0 aliphatic heterocycles. The highest BCUT2D eigenvalue weighted by molar-refractivity contribution is 7.12. The average molecular weight is 480 g/mol. The third kappa shape index (κ3) is 6.11. The zero-order valence-electron chi connectivity index (χ0n) is 19.3. The molecule has 4 aromatic rings. The van der Waals surface area contributed by atoms with E-state index in [0.29, 0.717) is 48.3 Å². The van der Waals surface area contributed by atoms with Crippen molar-refractivity contribution in [1.82, 2.24) is 25.8 Å². The summed E-state index contributed by atoms with van der Waals surface area (Å²) in [5, 5.41) is 12.7. The highest BCUT2D eigenvalue weighted by Gasteiger charge is 2.23. The molecule has 3 N–H and O–H groups in total. The van der Waals surface area contributed by atoms with Crippen LogP contribution in [0.1, 0.15) is 47.2 Å². The number of rotatable bonds is 11. The van der Waals surface area contributed by atoms with Gasteiger partial charge >= 0.3 is 0 Å². The molecular formula is C25H29N5O3S. The van der Waals surface area contributed by atoms with Crippen LogP contribution in [-0.4, -0.2) is 39.5 Å². The molecule has 0 saturated carbocycles. The number of aryl methyl sites for hydroxylation is 1. The molecule has 0 spiro atoms. The lowest BCUT2D eigenvalue weighted by atomic mass is 10.0. The topological polar surface area (TPSA) is 113 Å². The summed E-state index contributed by atoms with van der Waals surface area (Å²) in [6.45, 7) is 4.66. The van der Waals surface area contributed by atoms with Gasteiger partial charge in [-0.25, -0.2) is 0 Å². The number of nitrogens with one attached hydrogen (secondary N) is 3. The van der Waals surface area contributed by atoms with Crippen LogP contribution in [0.2, 0.25) is 0 Å². The second-order valence-corrected chi connectivity index (χ2v) is 9.61. The van der Waals surface area contributed by atoms with Crippen molar-refractivity contribution >= 4 is 34.1 Å². The summed E-state index contributed by atoms with van der Waals surface area (Å²) in [5.41, 5.74) is 1.98. The maximum Gasteiger partial charge on any atom is 0.262 e. The first-order chi connectivity index (χ1) is 16.5. The molecule has 4 rings (SSSR count). The summed E-state index contributed by atoms with van der Waals surface area (Å²) in [5.74, 6) is 1.28. The molecule has 0 aliphatic rings. The van der Waals surface area contributed by atoms with Gasteiger partial charge in [0.05, 0.1) is 4.88 Å². The van der Waals surface area contributed by atoms with Gasteiger partial charge in [-0.15, -0.1) is 11.3 Å². The van der Waals surface area contributed by atoms with E-state index >= 15 is 0 Å². The minimum Gasteiger partial charge on any atom is -0.361 e. The second-order valence-electron chi connectivity index (χ2n) is 8.66. The van der Waals surface area contributed by atoms with Gasteiger partial charge in [0.25, 0.3) is 5.91 Å². The van der Waals surface area contributed by atoms with E-state index in [1.165, 1.54) is 11.3 Å². The molecule has 3 heterocycles. The van der Waals surface area contributed by atoms with Gasteiger partial charge in [-0.05, 0) is 35.4 Å². The minimum absolute atomic E-state index is 0.221. The van der Waals surface area contributed by atoms with Crippen molar-refractivity contribution in [3.63, 3.8) is 0 Å². The molecule has 1 aromatic carbocycles. The van der Waals surface area contributed by atoms with Crippen LogP contribution in [0.3, 0.4) is 0 Å². The van der Waals surface area contributed by atoms with E-state index in [0.717, 1.165) is 22.9 Å². The van der Waals surface area contributed by atoms with Crippen LogP contribution in [0.5, 0.6) is 0 Å². The lowest BCUT2D eigenvalue weighted by Crippen LogP contribution is -2.48. The Labute approximate surface area is 202 Å². The molecule has 2 amide bonds. The van der Waals surface area contributed by atoms with Gasteiger partial charge in [-0.2, -0.15) is 4.98 Å². The largest absolute Gasteiger partial charge is 0.361 e. The second kappa shape index (κ2) is 11.1. The van der Waals surface area contributed by atoms with Crippen molar-refractivity contribution in [1.29, 1.82) is 0 Å². The number of amides is 2. The lowest BCUT2D eigenvalue weighted by molar-refractivity contribution is -0.122. The molecule has 0 radical (unpaired) electrons. The predicted octanol–water partition coefficient (Wildman–Crippen LogP) is 3.90. The summed E-state index contributed by atoms with van der Waals surface area (Å²) >= 11 is 1.35. The number of fused-ring (bicyclic) bond motifs is 1. The van der Waals surface area contributed by atoms with Crippen LogP contribution in [-0.2, 0) is 24.1 Å². The van der Waals surface area contributed by atoms with E-state index in [-0.39, 0.29) is 11.8 Å². The number of hydrogen-bond acceptors (Lipinski definition) is 6. The summed E-state index contributed by atoms with van der Waals surface area (Å²) in [6.07, 6.45) is 4.30. The lowest BCUT2D eigenvalue weighted by Gasteiger charge is -2.18. The first kappa shape index (κ1) is 23.7. The first-order valence-corrected chi connectivity index (χ1v) is 12.4. The zero-order valence-corrected chi connectivity index (χ0v) is 20.2. The molecule has 0 aliphatic carbocycles. The number of carbonyl (C=O) groups excluding carboxylic acids is 2. The predicted molar refractivity (Wildman–Crippen MR) is 132 cm³/mol. The minimum atomic E-state index is -0.699. The van der Waals surface area contributed by atoms with Crippen molar-refractivity contribution in [2.24, 2.45) is 5.92 Å². The third-order valence-corrected chi connectivity index (χ3v) is 6.30. The Hall–Kier alpha value is -3.46. The Morgan fingerprint density at radius 3 is 2.79 bits per heavy atom. The van der Waals surface area contributed by atoms with Gasteiger partial charge in [0.2, 0.25) is 11.8 Å². The number of H-pyrrole nitrogens is 1. The molecule has 3 aromatic heterocycles. The molecule has 34 heavy (non-hydrogen) atoms. The van der Waals surface area contributed by atoms with Gasteiger partial charge in [-0.3, -0.25) is 9.59 Å². The third-order valence-electron chi connectivity index (χ3n) is 5.43. The first-order valence-electron chi connectivity index (χ1n) is 11.5. The quantitative estimate of drug-likeness (QED) is 0.282. The highest BCUT2D eigenvalue weighted by Crippen LogP contribution is 2.19. The van der Waals surface area contributed by atoms with E-state index in [2.05, 4.69) is 39.6 Å². The molecule has 1 unspecified atom stereocenters. The number of thiophene rings is 1. The standard InChI is InChI=1S/C25H29N5O3S/c1-16(2)13-22-29-23(33-30-22)10-5-11-26-24(31)20(28-25(32)21-9-6-12-34-21)14-17-15-27-19-8-4-3-7-18(17)19/h3-4,6-9,12,15-16,20,27H,5,10-11,13-14H2,1-2H3,(H,26,31)(H,28,32). The Morgan fingerprint density at radius 1 is 1.15 bits per heavy atom. The number of benzene rings is 1. The van der Waals surface area contributed by atoms with Gasteiger partial charge in [0.1, 0.15) is 6.04 Å². The number of aromatic amines is 1. The molecule has 0 bridgehead atoms. The normalized spacial score (nSPS) is 12.2. The fraction of sp³-hybridized carbons (Fsp3) is 0.360. The Bertz CT molecular complexity index is 1230. The summed E-state index contributed by atoms with van der Waals surface area (Å²) in [7, 11) is 0. The van der Waals surface area contributed by atoms with E-state index in [9.17, 15) is 9.59 Å². The Kier molecular flexibility index (Phi) is 7.74. The SMILES string of the molecule is CC(C)Cc1noc(CCCNC(=O)C(Cc2c[nH]c3ccccc23)NC(=O)c2cccs2)n1. The van der Waals surface area contributed by atoms with Crippen LogP contribution in [0.15, 0.2) is 52.5 Å². The van der Waals surface area contributed by atoms with Crippen molar-refractivity contribution in [3.8, 4) is 0 Å². The number of carbonyl (C=O) groups is 2. The smallest absolute Gasteiger partial charge is 0.262 e. The summed E-state index contributed by atoms with van der Waals surface area (Å²) < 4.78 is 5.29. The van der Waals surface area contributed by atoms with E-state index in [1.54, 1.807) is 6.07 Å². The van der Waals surface area contributed by atoms with Crippen LogP contribution in [0.25, 0.3) is 10.9 Å². The van der Waals surface area contributed by atoms with E-state index in [1.807, 2.05) is 41.9 Å². The van der Waals surface area contributed by atoms with Gasteiger partial charge in [0, 0.05) is 42.9 Å². The number of aromatic nitrogens is 3. The monoisotopic (exact) mass is 479 g/mol. The summed E-state index contributed by atoms with van der Waals surface area (Å²) in [6, 6.07) is 10.8. The fourth-order valence-electron chi connectivity index (χ4n) is 3.78. The van der Waals surface area contributed by atoms with Gasteiger partial charge in [-0.1, -0.05) is 43.3 Å². The average Bonchev–Trinajstić information content (AvgIpc) is 3.57. The van der Waals surface area contributed by atoms with Crippen molar-refractivity contribution in [2.75, 3.05) is 6.54 Å². The molecule has 0 saturated heterocycles. The molecule has 9 heteroatoms. The van der Waals surface area contributed by atoms with E-state index in [4.69, 9.17) is 4.52 Å². The van der Waals surface area contributed by atoms with E-state index < -0.39 is 6.04 Å². The maximum absolute atomic E-state index is 13.1. The Morgan fingerprint density at radius 2 is 2.00 bits per heavy atom. The Balaban J connectivity index is 1.37. The fourth-order valence-corrected chi connectivity index (χ4v) is 4.41. The molecule has 0 fully saturated rings. The maximum atomic E-state index is 13.1. The van der Waals surface area contributed by atoms with Crippen LogP contribution in [0.4, 0.5) is 0 Å². The molecule has 8 nitrogen and oxygen atoms in total. The van der Waals surface area contributed by atoms with Crippen molar-refractivity contribution < 1.29 is 14.1 Å². The number of hydrogen-bond donors (Lipinski definition) is 3. The van der Waals surface area contributed by atoms with Crippen molar-refractivity contribution in [2.45, 2.75) is 45.6 Å². The van der Waals surface area contributed by atoms with Crippen LogP contribution in [0, 0.1) is 5.92 Å². The van der Waals surface area contributed by atoms with Crippen LogP contribution < -0.4 is 10.6 Å². The molecular weight excluding hydrogens is 450 g/mol. The molecule has 1 atom stereocenters. The van der Waals surface area contributed by atoms with Crippen LogP contribution >= 0.6 is 11.3 Å². The van der Waals surface area contributed by atoms with Gasteiger partial charge in [0.15, 0.2) is 5.82 Å². The summed E-state index contributed by atoms with van der Waals surface area (Å²) in [4.78, 5) is 34.0. The highest BCUT2D eigenvalue weighted by atomic mass is 32.1. The van der Waals surface area contributed by atoms with Crippen molar-refractivity contribution in [3.05, 3.63) is 70.1 Å². The van der Waals surface area contributed by atoms with Gasteiger partial charge < -0.3 is 20.1 Å². The number of para-hydroxylation sites is 1. The number of nitrogens with zero attached hydrogens (tertiary/aromatic N) is 2. The molecule has 178 valence electrons. The zero-order chi connectivity index (χ0) is 23.9.